The van der Waals surface area contributed by atoms with Gasteiger partial charge in [-0.25, -0.2) is 0 Å². The van der Waals surface area contributed by atoms with Gasteiger partial charge >= 0.3 is 0 Å². The molecule has 1 unspecified atom stereocenters. The average molecular weight is 173 g/mol. The zero-order valence-corrected chi connectivity index (χ0v) is 8.73. The van der Waals surface area contributed by atoms with Crippen LogP contribution in [0.5, 0.6) is 0 Å². The van der Waals surface area contributed by atoms with Crippen molar-refractivity contribution in [2.24, 2.45) is 5.92 Å². The molecule has 0 fully saturated rings. The molecule has 0 heterocycles. The van der Waals surface area contributed by atoms with Crippen molar-refractivity contribution >= 4 is 0 Å². The first-order chi connectivity index (χ1) is 5.81. The molecule has 0 bridgehead atoms. The fourth-order valence-electron chi connectivity index (χ4n) is 1.18. The summed E-state index contributed by atoms with van der Waals surface area (Å²) in [6, 6.07) is 0. The zero-order chi connectivity index (χ0) is 9.23. The predicted molar refractivity (Wildman–Crippen MR) is 53.4 cm³/mol. The van der Waals surface area contributed by atoms with Crippen LogP contribution >= 0.6 is 0 Å². The third kappa shape index (κ3) is 8.02. The summed E-state index contributed by atoms with van der Waals surface area (Å²) in [4.78, 5) is 0. The van der Waals surface area contributed by atoms with Crippen LogP contribution in [0.4, 0.5) is 0 Å². The molecular formula is C10H23NO. The van der Waals surface area contributed by atoms with Crippen LogP contribution in [0.1, 0.15) is 33.6 Å². The molecule has 0 aromatic heterocycles. The van der Waals surface area contributed by atoms with Gasteiger partial charge in [0.15, 0.2) is 0 Å². The summed E-state index contributed by atoms with van der Waals surface area (Å²) in [5.74, 6) is 0.719. The first kappa shape index (κ1) is 11.9. The molecule has 2 nitrogen and oxygen atoms in total. The van der Waals surface area contributed by atoms with Gasteiger partial charge in [0.1, 0.15) is 0 Å². The van der Waals surface area contributed by atoms with Gasteiger partial charge in [-0.15, -0.1) is 0 Å². The smallest absolute Gasteiger partial charge is 0.0591 e. The summed E-state index contributed by atoms with van der Waals surface area (Å²) in [5.41, 5.74) is 0. The minimum absolute atomic E-state index is 0.719. The van der Waals surface area contributed by atoms with Crippen LogP contribution < -0.4 is 5.32 Å². The van der Waals surface area contributed by atoms with E-state index in [9.17, 15) is 0 Å². The number of likely N-dealkylation sites (N-methyl/N-ethyl adjacent to an activating group) is 1. The Kier molecular flexibility index (Phi) is 8.95. The van der Waals surface area contributed by atoms with Crippen LogP contribution in [0.25, 0.3) is 0 Å². The maximum atomic E-state index is 5.49. The molecule has 0 rings (SSSR count). The lowest BCUT2D eigenvalue weighted by atomic mass is 10.1. The third-order valence-electron chi connectivity index (χ3n) is 1.86. The van der Waals surface area contributed by atoms with Crippen LogP contribution in [0.3, 0.4) is 0 Å². The van der Waals surface area contributed by atoms with Crippen molar-refractivity contribution in [1.82, 2.24) is 5.32 Å². The molecule has 0 amide bonds. The molecule has 74 valence electrons. The van der Waals surface area contributed by atoms with Gasteiger partial charge < -0.3 is 10.1 Å². The Bertz CT molecular complexity index is 85.9. The molecule has 0 aliphatic heterocycles. The Hall–Kier alpha value is -0.0800. The Balaban J connectivity index is 2.97. The molecule has 0 aromatic rings. The number of hydrogen-bond acceptors (Lipinski definition) is 2. The second-order valence-corrected chi connectivity index (χ2v) is 3.32. The van der Waals surface area contributed by atoms with Gasteiger partial charge in [-0.2, -0.15) is 0 Å². The van der Waals surface area contributed by atoms with Crippen LogP contribution in [0.2, 0.25) is 0 Å². The van der Waals surface area contributed by atoms with E-state index in [-0.39, 0.29) is 0 Å². The van der Waals surface area contributed by atoms with Gasteiger partial charge in [0.2, 0.25) is 0 Å². The van der Waals surface area contributed by atoms with E-state index in [1.54, 1.807) is 0 Å². The van der Waals surface area contributed by atoms with Gasteiger partial charge in [-0.05, 0) is 18.9 Å². The highest BCUT2D eigenvalue weighted by atomic mass is 16.5. The van der Waals surface area contributed by atoms with Gasteiger partial charge in [0.05, 0.1) is 6.61 Å². The van der Waals surface area contributed by atoms with E-state index < -0.39 is 0 Å². The lowest BCUT2D eigenvalue weighted by Crippen LogP contribution is -2.20. The molecule has 0 aromatic carbocycles. The molecular weight excluding hydrogens is 150 g/mol. The Morgan fingerprint density at radius 1 is 1.33 bits per heavy atom. The van der Waals surface area contributed by atoms with Crippen molar-refractivity contribution in [2.75, 3.05) is 26.3 Å². The molecule has 0 radical (unpaired) electrons. The van der Waals surface area contributed by atoms with Crippen molar-refractivity contribution in [3.05, 3.63) is 0 Å². The van der Waals surface area contributed by atoms with Gasteiger partial charge in [0.25, 0.3) is 0 Å². The fraction of sp³-hybridized carbons (Fsp3) is 1.00. The van der Waals surface area contributed by atoms with Crippen molar-refractivity contribution in [2.45, 2.75) is 33.6 Å². The van der Waals surface area contributed by atoms with Crippen molar-refractivity contribution in [1.29, 1.82) is 0 Å². The minimum atomic E-state index is 0.719. The van der Waals surface area contributed by atoms with Gasteiger partial charge in [-0.1, -0.05) is 27.2 Å². The topological polar surface area (TPSA) is 21.3 Å². The molecule has 1 atom stereocenters. The molecule has 1 N–H and O–H groups in total. The summed E-state index contributed by atoms with van der Waals surface area (Å²) in [6.45, 7) is 10.4. The first-order valence-electron chi connectivity index (χ1n) is 5.09. The van der Waals surface area contributed by atoms with E-state index in [0.29, 0.717) is 0 Å². The lowest BCUT2D eigenvalue weighted by Gasteiger charge is -2.10. The van der Waals surface area contributed by atoms with E-state index in [1.165, 1.54) is 12.8 Å². The second kappa shape index (κ2) is 9.01. The Morgan fingerprint density at radius 3 is 2.67 bits per heavy atom. The van der Waals surface area contributed by atoms with E-state index >= 15 is 0 Å². The van der Waals surface area contributed by atoms with Crippen LogP contribution in [0, 0.1) is 5.92 Å². The molecule has 0 aliphatic rings. The van der Waals surface area contributed by atoms with Crippen LogP contribution in [-0.2, 0) is 4.74 Å². The van der Waals surface area contributed by atoms with Gasteiger partial charge in [-0.3, -0.25) is 0 Å². The van der Waals surface area contributed by atoms with Crippen LogP contribution in [0.15, 0.2) is 0 Å². The zero-order valence-electron chi connectivity index (χ0n) is 8.73. The van der Waals surface area contributed by atoms with E-state index in [4.69, 9.17) is 4.74 Å². The second-order valence-electron chi connectivity index (χ2n) is 3.32. The standard InChI is InChI=1S/C10H23NO/c1-4-6-10(3)9-12-8-7-11-5-2/h10-11H,4-9H2,1-3H3. The Morgan fingerprint density at radius 2 is 2.08 bits per heavy atom. The number of rotatable bonds is 8. The quantitative estimate of drug-likeness (QED) is 0.567. The van der Waals surface area contributed by atoms with Crippen molar-refractivity contribution in [3.63, 3.8) is 0 Å². The van der Waals surface area contributed by atoms with Crippen molar-refractivity contribution in [3.8, 4) is 0 Å². The highest BCUT2D eigenvalue weighted by Crippen LogP contribution is 2.04. The summed E-state index contributed by atoms with van der Waals surface area (Å²) in [6.07, 6.45) is 2.54. The molecule has 0 saturated carbocycles. The van der Waals surface area contributed by atoms with E-state index in [0.717, 1.165) is 32.2 Å². The summed E-state index contributed by atoms with van der Waals surface area (Å²) in [5, 5.41) is 3.23. The molecule has 0 spiro atoms. The predicted octanol–water partition coefficient (Wildman–Crippen LogP) is 2.05. The Labute approximate surface area is 76.7 Å². The van der Waals surface area contributed by atoms with Gasteiger partial charge in [0, 0.05) is 13.2 Å². The normalized spacial score (nSPS) is 13.2. The fourth-order valence-corrected chi connectivity index (χ4v) is 1.18. The molecule has 12 heavy (non-hydrogen) atoms. The number of ether oxygens (including phenoxy) is 1. The average Bonchev–Trinajstić information content (AvgIpc) is 2.05. The number of nitrogens with one attached hydrogen (secondary N) is 1. The largest absolute Gasteiger partial charge is 0.380 e. The first-order valence-corrected chi connectivity index (χ1v) is 5.09. The maximum Gasteiger partial charge on any atom is 0.0591 e. The molecule has 0 aliphatic carbocycles. The van der Waals surface area contributed by atoms with E-state index in [1.807, 2.05) is 0 Å². The van der Waals surface area contributed by atoms with E-state index in [2.05, 4.69) is 26.1 Å². The SMILES string of the molecule is CCCC(C)COCCNCC. The summed E-state index contributed by atoms with van der Waals surface area (Å²) in [7, 11) is 0. The third-order valence-corrected chi connectivity index (χ3v) is 1.86. The monoisotopic (exact) mass is 173 g/mol. The van der Waals surface area contributed by atoms with Crippen molar-refractivity contribution < 1.29 is 4.74 Å². The van der Waals surface area contributed by atoms with Crippen LogP contribution in [-0.4, -0.2) is 26.3 Å². The highest BCUT2D eigenvalue weighted by molar-refractivity contribution is 4.49. The molecule has 0 saturated heterocycles. The maximum absolute atomic E-state index is 5.49. The summed E-state index contributed by atoms with van der Waals surface area (Å²) < 4.78 is 5.49. The summed E-state index contributed by atoms with van der Waals surface area (Å²) >= 11 is 0. The highest BCUT2D eigenvalue weighted by Gasteiger charge is 1.99. The minimum Gasteiger partial charge on any atom is -0.380 e. The lowest BCUT2D eigenvalue weighted by molar-refractivity contribution is 0.104. The number of hydrogen-bond donors (Lipinski definition) is 1. The molecule has 2 heteroatoms.